The van der Waals surface area contributed by atoms with Crippen LogP contribution in [0.5, 0.6) is 0 Å². The van der Waals surface area contributed by atoms with Gasteiger partial charge in [0.1, 0.15) is 0 Å². The van der Waals surface area contributed by atoms with Crippen LogP contribution in [0.2, 0.25) is 0 Å². The molecule has 0 radical (unpaired) electrons. The number of nitrogens with one attached hydrogen (secondary N) is 1. The van der Waals surface area contributed by atoms with Gasteiger partial charge in [-0.15, -0.1) is 0 Å². The van der Waals surface area contributed by atoms with Crippen LogP contribution in [0.15, 0.2) is 0 Å². The predicted molar refractivity (Wildman–Crippen MR) is 51.1 cm³/mol. The summed E-state index contributed by atoms with van der Waals surface area (Å²) in [4.78, 5) is 0.786. The van der Waals surface area contributed by atoms with Gasteiger partial charge in [-0.25, -0.2) is 0 Å². The van der Waals surface area contributed by atoms with E-state index in [0.717, 1.165) is 16.8 Å². The van der Waals surface area contributed by atoms with E-state index in [1.807, 2.05) is 0 Å². The molecule has 0 spiro atoms. The molecule has 3 atom stereocenters. The molecule has 1 nitrogen and oxygen atoms in total. The summed E-state index contributed by atoms with van der Waals surface area (Å²) in [6, 6.07) is 0.835. The minimum absolute atomic E-state index is 0.786. The third kappa shape index (κ3) is 1.78. The van der Waals surface area contributed by atoms with Crippen molar-refractivity contribution in [3.8, 4) is 0 Å². The molecule has 1 heterocycles. The highest BCUT2D eigenvalue weighted by Crippen LogP contribution is 2.33. The lowest BCUT2D eigenvalue weighted by Gasteiger charge is -2.38. The van der Waals surface area contributed by atoms with Gasteiger partial charge in [-0.05, 0) is 44.6 Å². The molecule has 2 rings (SSSR count). The molecular formula is C9H16BrN. The van der Waals surface area contributed by atoms with Gasteiger partial charge >= 0.3 is 0 Å². The zero-order chi connectivity index (χ0) is 7.68. The highest BCUT2D eigenvalue weighted by atomic mass is 79.9. The Bertz CT molecular complexity index is 138. The van der Waals surface area contributed by atoms with Crippen molar-refractivity contribution in [2.24, 2.45) is 5.92 Å². The summed E-state index contributed by atoms with van der Waals surface area (Å²) in [5.41, 5.74) is 0. The molecule has 0 aromatic rings. The van der Waals surface area contributed by atoms with E-state index < -0.39 is 0 Å². The number of rotatable bonds is 0. The van der Waals surface area contributed by atoms with Crippen LogP contribution < -0.4 is 5.32 Å². The van der Waals surface area contributed by atoms with Crippen LogP contribution in [0.4, 0.5) is 0 Å². The lowest BCUT2D eigenvalue weighted by Crippen LogP contribution is -2.45. The third-order valence-electron chi connectivity index (χ3n) is 3.09. The summed E-state index contributed by atoms with van der Waals surface area (Å²) in [6.45, 7) is 1.25. The summed E-state index contributed by atoms with van der Waals surface area (Å²) in [5, 5.41) is 3.62. The number of halogens is 1. The van der Waals surface area contributed by atoms with Crippen molar-refractivity contribution in [3.05, 3.63) is 0 Å². The molecule has 1 aliphatic carbocycles. The quantitative estimate of drug-likeness (QED) is 0.615. The predicted octanol–water partition coefficient (Wildman–Crippen LogP) is 2.30. The van der Waals surface area contributed by atoms with Crippen molar-refractivity contribution >= 4 is 15.9 Å². The van der Waals surface area contributed by atoms with Gasteiger partial charge in [0, 0.05) is 10.9 Å². The molecule has 1 saturated carbocycles. The van der Waals surface area contributed by atoms with Crippen LogP contribution in [-0.2, 0) is 0 Å². The number of hydrogen-bond acceptors (Lipinski definition) is 1. The molecular weight excluding hydrogens is 202 g/mol. The Labute approximate surface area is 77.1 Å². The van der Waals surface area contributed by atoms with Gasteiger partial charge in [-0.1, -0.05) is 15.9 Å². The summed E-state index contributed by atoms with van der Waals surface area (Å²) in [7, 11) is 0. The number of hydrogen-bond donors (Lipinski definition) is 1. The first-order valence-electron chi connectivity index (χ1n) is 4.74. The first-order valence-corrected chi connectivity index (χ1v) is 5.65. The zero-order valence-corrected chi connectivity index (χ0v) is 8.44. The molecule has 0 bridgehead atoms. The van der Waals surface area contributed by atoms with Crippen molar-refractivity contribution in [3.63, 3.8) is 0 Å². The molecule has 2 heteroatoms. The average Bonchev–Trinajstić information content (AvgIpc) is 2.04. The molecule has 1 saturated heterocycles. The standard InChI is InChI=1S/C9H16BrN/c10-8-4-3-7-2-1-5-11-9(7)6-8/h7-9,11H,1-6H2. The van der Waals surface area contributed by atoms with Gasteiger partial charge in [0.25, 0.3) is 0 Å². The Morgan fingerprint density at radius 2 is 2.09 bits per heavy atom. The van der Waals surface area contributed by atoms with E-state index in [1.165, 1.54) is 38.6 Å². The first-order chi connectivity index (χ1) is 5.36. The van der Waals surface area contributed by atoms with Crippen LogP contribution in [0.3, 0.4) is 0 Å². The van der Waals surface area contributed by atoms with Gasteiger partial charge in [0.2, 0.25) is 0 Å². The van der Waals surface area contributed by atoms with Crippen molar-refractivity contribution in [2.45, 2.75) is 43.0 Å². The van der Waals surface area contributed by atoms with Crippen molar-refractivity contribution in [1.29, 1.82) is 0 Å². The van der Waals surface area contributed by atoms with Gasteiger partial charge in [0.05, 0.1) is 0 Å². The first kappa shape index (κ1) is 8.06. The molecule has 1 N–H and O–H groups in total. The second kappa shape index (κ2) is 3.44. The topological polar surface area (TPSA) is 12.0 Å². The minimum Gasteiger partial charge on any atom is -0.314 e. The van der Waals surface area contributed by atoms with E-state index in [9.17, 15) is 0 Å². The average molecular weight is 218 g/mol. The summed E-state index contributed by atoms with van der Waals surface area (Å²) < 4.78 is 0. The van der Waals surface area contributed by atoms with Gasteiger partial charge < -0.3 is 5.32 Å². The summed E-state index contributed by atoms with van der Waals surface area (Å²) in [6.07, 6.45) is 7.05. The SMILES string of the molecule is BrC1CCC2CCCNC2C1. The highest BCUT2D eigenvalue weighted by molar-refractivity contribution is 9.09. The van der Waals surface area contributed by atoms with E-state index in [-0.39, 0.29) is 0 Å². The third-order valence-corrected chi connectivity index (χ3v) is 3.92. The Kier molecular flexibility index (Phi) is 2.52. The van der Waals surface area contributed by atoms with Gasteiger partial charge in [0.15, 0.2) is 0 Å². The second-order valence-corrected chi connectivity index (χ2v) is 5.17. The van der Waals surface area contributed by atoms with Crippen molar-refractivity contribution in [2.75, 3.05) is 6.54 Å². The zero-order valence-electron chi connectivity index (χ0n) is 6.85. The second-order valence-electron chi connectivity index (χ2n) is 3.87. The van der Waals surface area contributed by atoms with E-state index in [4.69, 9.17) is 0 Å². The fraction of sp³-hybridized carbons (Fsp3) is 1.00. The summed E-state index contributed by atoms with van der Waals surface area (Å²) >= 11 is 3.71. The van der Waals surface area contributed by atoms with Crippen LogP contribution in [0.1, 0.15) is 32.1 Å². The van der Waals surface area contributed by atoms with Crippen LogP contribution in [0.25, 0.3) is 0 Å². The van der Waals surface area contributed by atoms with Crippen LogP contribution >= 0.6 is 15.9 Å². The van der Waals surface area contributed by atoms with Gasteiger partial charge in [-0.3, -0.25) is 0 Å². The normalized spacial score (nSPS) is 45.0. The van der Waals surface area contributed by atoms with E-state index >= 15 is 0 Å². The Morgan fingerprint density at radius 3 is 3.00 bits per heavy atom. The largest absolute Gasteiger partial charge is 0.314 e. The monoisotopic (exact) mass is 217 g/mol. The molecule has 2 aliphatic rings. The summed E-state index contributed by atoms with van der Waals surface area (Å²) in [5.74, 6) is 0.998. The smallest absolute Gasteiger partial charge is 0.0160 e. The lowest BCUT2D eigenvalue weighted by atomic mass is 9.79. The Hall–Kier alpha value is 0.440. The van der Waals surface area contributed by atoms with Crippen LogP contribution in [-0.4, -0.2) is 17.4 Å². The highest BCUT2D eigenvalue weighted by Gasteiger charge is 2.30. The number of piperidine rings is 1. The molecule has 0 amide bonds. The molecule has 0 aromatic heterocycles. The molecule has 64 valence electrons. The van der Waals surface area contributed by atoms with Crippen LogP contribution in [0, 0.1) is 5.92 Å². The maximum atomic E-state index is 3.71. The fourth-order valence-electron chi connectivity index (χ4n) is 2.43. The van der Waals surface area contributed by atoms with E-state index in [1.54, 1.807) is 0 Å². The van der Waals surface area contributed by atoms with Gasteiger partial charge in [-0.2, -0.15) is 0 Å². The molecule has 11 heavy (non-hydrogen) atoms. The fourth-order valence-corrected chi connectivity index (χ4v) is 3.10. The minimum atomic E-state index is 0.786. The van der Waals surface area contributed by atoms with E-state index in [2.05, 4.69) is 21.2 Å². The van der Waals surface area contributed by atoms with Crippen molar-refractivity contribution < 1.29 is 0 Å². The molecule has 0 aromatic carbocycles. The Morgan fingerprint density at radius 1 is 1.18 bits per heavy atom. The lowest BCUT2D eigenvalue weighted by molar-refractivity contribution is 0.217. The molecule has 1 aliphatic heterocycles. The molecule has 3 unspecified atom stereocenters. The number of alkyl halides is 1. The maximum Gasteiger partial charge on any atom is 0.0160 e. The Balaban J connectivity index is 1.93. The van der Waals surface area contributed by atoms with E-state index in [0.29, 0.717) is 0 Å². The van der Waals surface area contributed by atoms with Crippen molar-refractivity contribution in [1.82, 2.24) is 5.32 Å². The molecule has 2 fully saturated rings. The number of fused-ring (bicyclic) bond motifs is 1. The maximum absolute atomic E-state index is 3.71.